The molecular weight excluding hydrogens is 400 g/mol. The molecule has 1 atom stereocenters. The molecule has 0 radical (unpaired) electrons. The Kier molecular flexibility index (Phi) is 4.96. The van der Waals surface area contributed by atoms with Crippen LogP contribution < -0.4 is 4.90 Å². The molecule has 2 nitrogen and oxygen atoms in total. The first kappa shape index (κ1) is 20.7. The van der Waals surface area contributed by atoms with E-state index >= 15 is 0 Å². The van der Waals surface area contributed by atoms with Crippen LogP contribution in [0.25, 0.3) is 21.5 Å². The monoisotopic (exact) mass is 434 g/mol. The summed E-state index contributed by atoms with van der Waals surface area (Å²) in [5, 5.41) is 5.55. The second kappa shape index (κ2) is 7.88. The summed E-state index contributed by atoms with van der Waals surface area (Å²) >= 11 is 0. The standard InChI is InChI=1S/C31H34N2/c1-31(2)21-29-23(12-14-27-26-10-5-4-7-22(26)11-13-28(27)29)20-30(31)24-8-6-9-25(19-24)33-17-15-32(3)16-18-33/h4-14,19,30H,15-18,20-21H2,1-3H3. The van der Waals surface area contributed by atoms with E-state index in [-0.39, 0.29) is 5.41 Å². The van der Waals surface area contributed by atoms with Crippen molar-refractivity contribution in [3.8, 4) is 0 Å². The van der Waals surface area contributed by atoms with E-state index in [2.05, 4.69) is 103 Å². The summed E-state index contributed by atoms with van der Waals surface area (Å²) < 4.78 is 0. The van der Waals surface area contributed by atoms with Crippen LogP contribution in [-0.2, 0) is 12.8 Å². The van der Waals surface area contributed by atoms with Crippen molar-refractivity contribution >= 4 is 27.2 Å². The van der Waals surface area contributed by atoms with Crippen LogP contribution in [0.15, 0.2) is 72.8 Å². The lowest BCUT2D eigenvalue weighted by Crippen LogP contribution is -2.44. The maximum Gasteiger partial charge on any atom is 0.0369 e. The molecule has 2 aliphatic rings. The zero-order valence-corrected chi connectivity index (χ0v) is 20.1. The molecule has 4 aromatic rings. The van der Waals surface area contributed by atoms with Gasteiger partial charge in [-0.2, -0.15) is 0 Å². The molecule has 0 amide bonds. The van der Waals surface area contributed by atoms with Crippen molar-refractivity contribution in [1.29, 1.82) is 0 Å². The Bertz CT molecular complexity index is 1330. The minimum absolute atomic E-state index is 0.216. The van der Waals surface area contributed by atoms with Gasteiger partial charge in [-0.1, -0.05) is 74.5 Å². The largest absolute Gasteiger partial charge is 0.369 e. The minimum Gasteiger partial charge on any atom is -0.369 e. The topological polar surface area (TPSA) is 6.48 Å². The normalized spacial score (nSPS) is 20.8. The van der Waals surface area contributed by atoms with Gasteiger partial charge in [-0.15, -0.1) is 0 Å². The van der Waals surface area contributed by atoms with Crippen LogP contribution in [0.1, 0.15) is 36.5 Å². The fourth-order valence-electron chi connectivity index (χ4n) is 6.24. The van der Waals surface area contributed by atoms with Crippen LogP contribution in [0.5, 0.6) is 0 Å². The molecule has 0 bridgehead atoms. The summed E-state index contributed by atoms with van der Waals surface area (Å²) in [5.74, 6) is 0.537. The van der Waals surface area contributed by atoms with E-state index in [0.29, 0.717) is 5.92 Å². The molecule has 0 aromatic heterocycles. The predicted molar refractivity (Wildman–Crippen MR) is 142 cm³/mol. The molecule has 6 rings (SSSR count). The summed E-state index contributed by atoms with van der Waals surface area (Å²) in [4.78, 5) is 4.99. The molecule has 0 spiro atoms. The first-order valence-corrected chi connectivity index (χ1v) is 12.5. The first-order chi connectivity index (χ1) is 16.0. The van der Waals surface area contributed by atoms with Crippen LogP contribution in [0.4, 0.5) is 5.69 Å². The Morgan fingerprint density at radius 2 is 1.55 bits per heavy atom. The highest BCUT2D eigenvalue weighted by Gasteiger charge is 2.37. The van der Waals surface area contributed by atoms with Gasteiger partial charge < -0.3 is 9.80 Å². The Labute approximate surface area is 197 Å². The maximum absolute atomic E-state index is 2.56. The zero-order valence-electron chi connectivity index (χ0n) is 20.1. The van der Waals surface area contributed by atoms with E-state index in [1.807, 2.05) is 0 Å². The molecule has 33 heavy (non-hydrogen) atoms. The van der Waals surface area contributed by atoms with Crippen molar-refractivity contribution in [2.24, 2.45) is 5.41 Å². The molecule has 1 aliphatic heterocycles. The smallest absolute Gasteiger partial charge is 0.0369 e. The molecular formula is C31H34N2. The Balaban J connectivity index is 1.38. The molecule has 1 unspecified atom stereocenters. The zero-order chi connectivity index (χ0) is 22.6. The third-order valence-corrected chi connectivity index (χ3v) is 8.28. The van der Waals surface area contributed by atoms with Gasteiger partial charge in [-0.3, -0.25) is 0 Å². The van der Waals surface area contributed by atoms with Crippen LogP contribution >= 0.6 is 0 Å². The fourth-order valence-corrected chi connectivity index (χ4v) is 6.24. The fraction of sp³-hybridized carbons (Fsp3) is 0.355. The van der Waals surface area contributed by atoms with Crippen molar-refractivity contribution in [1.82, 2.24) is 4.90 Å². The number of hydrogen-bond acceptors (Lipinski definition) is 2. The lowest BCUT2D eigenvalue weighted by molar-refractivity contribution is 0.264. The number of likely N-dealkylation sites (N-methyl/N-ethyl adjacent to an activating group) is 1. The van der Waals surface area contributed by atoms with Crippen LogP contribution in [0.3, 0.4) is 0 Å². The third kappa shape index (κ3) is 3.61. The Morgan fingerprint density at radius 3 is 2.39 bits per heavy atom. The van der Waals surface area contributed by atoms with Crippen molar-refractivity contribution < 1.29 is 0 Å². The van der Waals surface area contributed by atoms with Crippen LogP contribution in [0.2, 0.25) is 0 Å². The average Bonchev–Trinajstić information content (AvgIpc) is 2.83. The van der Waals surface area contributed by atoms with Gasteiger partial charge in [0.15, 0.2) is 0 Å². The molecule has 0 N–H and O–H groups in total. The second-order valence-corrected chi connectivity index (χ2v) is 10.9. The number of piperazine rings is 1. The summed E-state index contributed by atoms with van der Waals surface area (Å²) in [6.45, 7) is 9.49. The number of rotatable bonds is 2. The van der Waals surface area contributed by atoms with E-state index in [9.17, 15) is 0 Å². The lowest BCUT2D eigenvalue weighted by atomic mass is 9.63. The minimum atomic E-state index is 0.216. The van der Waals surface area contributed by atoms with Crippen LogP contribution in [-0.4, -0.2) is 38.1 Å². The molecule has 2 heteroatoms. The number of benzene rings is 4. The summed E-state index contributed by atoms with van der Waals surface area (Å²) in [7, 11) is 2.22. The SMILES string of the molecule is CN1CCN(c2cccc(C3Cc4ccc5c(ccc6ccccc65)c4CC3(C)C)c2)CC1. The molecule has 1 fully saturated rings. The second-order valence-electron chi connectivity index (χ2n) is 10.9. The molecule has 1 heterocycles. The molecule has 1 aliphatic carbocycles. The number of anilines is 1. The van der Waals surface area contributed by atoms with Crippen LogP contribution in [0, 0.1) is 5.41 Å². The highest BCUT2D eigenvalue weighted by atomic mass is 15.2. The van der Waals surface area contributed by atoms with E-state index in [1.165, 1.54) is 38.4 Å². The molecule has 168 valence electrons. The van der Waals surface area contributed by atoms with Gasteiger partial charge in [0.25, 0.3) is 0 Å². The summed E-state index contributed by atoms with van der Waals surface area (Å²) in [6.07, 6.45) is 2.25. The average molecular weight is 435 g/mol. The molecule has 1 saturated heterocycles. The number of fused-ring (bicyclic) bond motifs is 5. The first-order valence-electron chi connectivity index (χ1n) is 12.5. The highest BCUT2D eigenvalue weighted by molar-refractivity contribution is 6.08. The van der Waals surface area contributed by atoms with E-state index < -0.39 is 0 Å². The van der Waals surface area contributed by atoms with Gasteiger partial charge in [0, 0.05) is 31.9 Å². The van der Waals surface area contributed by atoms with Crippen molar-refractivity contribution in [3.05, 3.63) is 89.5 Å². The van der Waals surface area contributed by atoms with Gasteiger partial charge in [0.2, 0.25) is 0 Å². The lowest BCUT2D eigenvalue weighted by Gasteiger charge is -2.41. The van der Waals surface area contributed by atoms with Crippen molar-refractivity contribution in [2.45, 2.75) is 32.6 Å². The summed E-state index contributed by atoms with van der Waals surface area (Å²) in [5.41, 5.74) is 6.21. The highest BCUT2D eigenvalue weighted by Crippen LogP contribution is 2.48. The van der Waals surface area contributed by atoms with Gasteiger partial charge >= 0.3 is 0 Å². The van der Waals surface area contributed by atoms with Gasteiger partial charge in [-0.05, 0) is 81.6 Å². The Hall–Kier alpha value is -2.84. The third-order valence-electron chi connectivity index (χ3n) is 8.28. The van der Waals surface area contributed by atoms with E-state index in [0.717, 1.165) is 39.0 Å². The van der Waals surface area contributed by atoms with E-state index in [1.54, 1.807) is 5.56 Å². The number of nitrogens with zero attached hydrogens (tertiary/aromatic N) is 2. The van der Waals surface area contributed by atoms with Crippen molar-refractivity contribution in [3.63, 3.8) is 0 Å². The maximum atomic E-state index is 2.56. The molecule has 4 aromatic carbocycles. The van der Waals surface area contributed by atoms with Gasteiger partial charge in [0.05, 0.1) is 0 Å². The molecule has 0 saturated carbocycles. The van der Waals surface area contributed by atoms with Gasteiger partial charge in [-0.25, -0.2) is 0 Å². The van der Waals surface area contributed by atoms with Crippen molar-refractivity contribution in [2.75, 3.05) is 38.1 Å². The number of hydrogen-bond donors (Lipinski definition) is 0. The Morgan fingerprint density at radius 1 is 0.758 bits per heavy atom. The van der Waals surface area contributed by atoms with E-state index in [4.69, 9.17) is 0 Å². The quantitative estimate of drug-likeness (QED) is 0.326. The van der Waals surface area contributed by atoms with Gasteiger partial charge in [0.1, 0.15) is 0 Å². The summed E-state index contributed by atoms with van der Waals surface area (Å²) in [6, 6.07) is 27.7. The predicted octanol–water partition coefficient (Wildman–Crippen LogP) is 6.65.